The average molecular weight is 283 g/mol. The summed E-state index contributed by atoms with van der Waals surface area (Å²) in [4.78, 5) is 13.3. The van der Waals surface area contributed by atoms with Crippen LogP contribution in [0.5, 0.6) is 0 Å². The third-order valence-electron chi connectivity index (χ3n) is 2.89. The molecule has 1 atom stereocenters. The molecule has 0 saturated carbocycles. The van der Waals surface area contributed by atoms with E-state index in [0.717, 1.165) is 23.0 Å². The van der Waals surface area contributed by atoms with Crippen LogP contribution in [-0.2, 0) is 4.79 Å². The van der Waals surface area contributed by atoms with Crippen molar-refractivity contribution in [2.24, 2.45) is 5.73 Å². The summed E-state index contributed by atoms with van der Waals surface area (Å²) in [6.07, 6.45) is 1.63. The molecule has 0 aromatic heterocycles. The van der Waals surface area contributed by atoms with Crippen LogP contribution in [0.15, 0.2) is 28.7 Å². The minimum atomic E-state index is -0.113. The lowest BCUT2D eigenvalue weighted by molar-refractivity contribution is -0.127. The van der Waals surface area contributed by atoms with Gasteiger partial charge in [-0.25, -0.2) is 0 Å². The van der Waals surface area contributed by atoms with Gasteiger partial charge in [0.25, 0.3) is 0 Å². The van der Waals surface area contributed by atoms with Gasteiger partial charge in [-0.2, -0.15) is 0 Å². The Kier molecular flexibility index (Phi) is 3.61. The van der Waals surface area contributed by atoms with E-state index in [9.17, 15) is 4.79 Å². The molecule has 1 fully saturated rings. The third-order valence-corrected chi connectivity index (χ3v) is 3.62. The normalized spacial score (nSPS) is 17.9. The Morgan fingerprint density at radius 3 is 2.81 bits per heavy atom. The minimum absolute atomic E-state index is 0.113. The molecule has 4 heteroatoms. The van der Waals surface area contributed by atoms with Crippen LogP contribution >= 0.6 is 15.9 Å². The molecular formula is C12H15BrN2O. The molecule has 2 N–H and O–H groups in total. The van der Waals surface area contributed by atoms with Crippen molar-refractivity contribution in [3.05, 3.63) is 34.3 Å². The molecule has 1 unspecified atom stereocenters. The summed E-state index contributed by atoms with van der Waals surface area (Å²) in [6.45, 7) is 1.46. The molecule has 1 aromatic carbocycles. The van der Waals surface area contributed by atoms with Gasteiger partial charge in [-0.15, -0.1) is 0 Å². The number of hydrogen-bond acceptors (Lipinski definition) is 2. The van der Waals surface area contributed by atoms with Gasteiger partial charge >= 0.3 is 0 Å². The molecule has 16 heavy (non-hydrogen) atoms. The first-order valence-electron chi connectivity index (χ1n) is 5.46. The number of amides is 1. The number of nitrogens with zero attached hydrogens (tertiary/aromatic N) is 1. The average Bonchev–Trinajstić information content (AvgIpc) is 2.65. The van der Waals surface area contributed by atoms with Gasteiger partial charge in [-0.05, 0) is 18.1 Å². The Hall–Kier alpha value is -0.870. The molecule has 1 aliphatic heterocycles. The zero-order valence-corrected chi connectivity index (χ0v) is 10.6. The smallest absolute Gasteiger partial charge is 0.222 e. The number of hydrogen-bond donors (Lipinski definition) is 1. The quantitative estimate of drug-likeness (QED) is 0.923. The van der Waals surface area contributed by atoms with E-state index < -0.39 is 0 Å². The van der Waals surface area contributed by atoms with Gasteiger partial charge in [0.1, 0.15) is 0 Å². The number of rotatable bonds is 3. The summed E-state index contributed by atoms with van der Waals surface area (Å²) in [5, 5.41) is 0. The second kappa shape index (κ2) is 4.97. The zero-order valence-electron chi connectivity index (χ0n) is 9.03. The Bertz CT molecular complexity index is 394. The molecule has 0 bridgehead atoms. The van der Waals surface area contributed by atoms with Crippen LogP contribution in [0.25, 0.3) is 0 Å². The number of nitrogens with two attached hydrogens (primary N) is 1. The Labute approximate surface area is 104 Å². The fraction of sp³-hybridized carbons (Fsp3) is 0.417. The first-order chi connectivity index (χ1) is 7.68. The first kappa shape index (κ1) is 11.6. The van der Waals surface area contributed by atoms with Gasteiger partial charge in [0.05, 0.1) is 0 Å². The Balaban J connectivity index is 2.05. The predicted molar refractivity (Wildman–Crippen MR) is 66.9 cm³/mol. The van der Waals surface area contributed by atoms with Crippen LogP contribution in [0.2, 0.25) is 0 Å². The number of carbonyl (C=O) groups excluding carboxylic acids is 1. The van der Waals surface area contributed by atoms with Crippen molar-refractivity contribution in [2.45, 2.75) is 18.9 Å². The lowest BCUT2D eigenvalue weighted by Crippen LogP contribution is -2.33. The van der Waals surface area contributed by atoms with Crippen LogP contribution in [0.3, 0.4) is 0 Å². The SMILES string of the molecule is NC(CN1CCCC1=O)c1ccccc1Br. The van der Waals surface area contributed by atoms with Crippen molar-refractivity contribution in [1.29, 1.82) is 0 Å². The van der Waals surface area contributed by atoms with Crippen molar-refractivity contribution < 1.29 is 4.79 Å². The van der Waals surface area contributed by atoms with E-state index in [2.05, 4.69) is 15.9 Å². The highest BCUT2D eigenvalue weighted by Crippen LogP contribution is 2.23. The maximum atomic E-state index is 11.5. The Morgan fingerprint density at radius 1 is 1.44 bits per heavy atom. The van der Waals surface area contributed by atoms with E-state index in [1.165, 1.54) is 0 Å². The molecule has 86 valence electrons. The van der Waals surface area contributed by atoms with E-state index in [1.807, 2.05) is 29.2 Å². The van der Waals surface area contributed by atoms with Crippen LogP contribution < -0.4 is 5.73 Å². The van der Waals surface area contributed by atoms with E-state index in [4.69, 9.17) is 5.73 Å². The third kappa shape index (κ3) is 2.44. The van der Waals surface area contributed by atoms with Gasteiger partial charge < -0.3 is 10.6 Å². The number of carbonyl (C=O) groups is 1. The molecule has 0 aliphatic carbocycles. The lowest BCUT2D eigenvalue weighted by atomic mass is 10.1. The molecule has 0 spiro atoms. The summed E-state index contributed by atoms with van der Waals surface area (Å²) in [7, 11) is 0. The molecule has 1 aromatic rings. The molecule has 3 nitrogen and oxygen atoms in total. The molecule has 0 radical (unpaired) electrons. The van der Waals surface area contributed by atoms with Crippen LogP contribution in [-0.4, -0.2) is 23.9 Å². The van der Waals surface area contributed by atoms with E-state index in [0.29, 0.717) is 13.0 Å². The van der Waals surface area contributed by atoms with Crippen molar-refractivity contribution >= 4 is 21.8 Å². The van der Waals surface area contributed by atoms with Crippen LogP contribution in [0, 0.1) is 0 Å². The summed E-state index contributed by atoms with van der Waals surface area (Å²) in [5.41, 5.74) is 7.17. The van der Waals surface area contributed by atoms with Gasteiger partial charge in [-0.1, -0.05) is 34.1 Å². The fourth-order valence-corrected chi connectivity index (χ4v) is 2.59. The summed E-state index contributed by atoms with van der Waals surface area (Å²) < 4.78 is 1.01. The van der Waals surface area contributed by atoms with Crippen molar-refractivity contribution in [2.75, 3.05) is 13.1 Å². The molecule has 1 heterocycles. The molecule has 1 amide bonds. The highest BCUT2D eigenvalue weighted by atomic mass is 79.9. The van der Waals surface area contributed by atoms with Gasteiger partial charge in [0.2, 0.25) is 5.91 Å². The number of benzene rings is 1. The van der Waals surface area contributed by atoms with Crippen LogP contribution in [0.4, 0.5) is 0 Å². The van der Waals surface area contributed by atoms with Gasteiger partial charge in [0, 0.05) is 30.0 Å². The summed E-state index contributed by atoms with van der Waals surface area (Å²) >= 11 is 3.48. The molecule has 1 aliphatic rings. The fourth-order valence-electron chi connectivity index (χ4n) is 2.01. The predicted octanol–water partition coefficient (Wildman–Crippen LogP) is 2.07. The van der Waals surface area contributed by atoms with Gasteiger partial charge in [0.15, 0.2) is 0 Å². The highest BCUT2D eigenvalue weighted by Gasteiger charge is 2.23. The monoisotopic (exact) mass is 282 g/mol. The molecular weight excluding hydrogens is 268 g/mol. The largest absolute Gasteiger partial charge is 0.341 e. The lowest BCUT2D eigenvalue weighted by Gasteiger charge is -2.21. The standard InChI is InChI=1S/C12H15BrN2O/c13-10-5-2-1-4-9(10)11(14)8-15-7-3-6-12(15)16/h1-2,4-5,11H,3,6-8,14H2. The maximum Gasteiger partial charge on any atom is 0.222 e. The second-order valence-corrected chi connectivity index (χ2v) is 4.93. The highest BCUT2D eigenvalue weighted by molar-refractivity contribution is 9.10. The second-order valence-electron chi connectivity index (χ2n) is 4.07. The number of halogens is 1. The van der Waals surface area contributed by atoms with Crippen molar-refractivity contribution in [1.82, 2.24) is 4.90 Å². The first-order valence-corrected chi connectivity index (χ1v) is 6.25. The van der Waals surface area contributed by atoms with E-state index in [1.54, 1.807) is 0 Å². The van der Waals surface area contributed by atoms with Gasteiger partial charge in [-0.3, -0.25) is 4.79 Å². The maximum absolute atomic E-state index is 11.5. The zero-order chi connectivity index (χ0) is 11.5. The molecule has 2 rings (SSSR count). The summed E-state index contributed by atoms with van der Waals surface area (Å²) in [6, 6.07) is 7.78. The summed E-state index contributed by atoms with van der Waals surface area (Å²) in [5.74, 6) is 0.225. The topological polar surface area (TPSA) is 46.3 Å². The molecule has 1 saturated heterocycles. The van der Waals surface area contributed by atoms with Crippen LogP contribution in [0.1, 0.15) is 24.4 Å². The van der Waals surface area contributed by atoms with Crippen molar-refractivity contribution in [3.8, 4) is 0 Å². The number of likely N-dealkylation sites (tertiary alicyclic amines) is 1. The van der Waals surface area contributed by atoms with E-state index in [-0.39, 0.29) is 11.9 Å². The minimum Gasteiger partial charge on any atom is -0.341 e. The van der Waals surface area contributed by atoms with Crippen molar-refractivity contribution in [3.63, 3.8) is 0 Å². The Morgan fingerprint density at radius 2 is 2.19 bits per heavy atom. The van der Waals surface area contributed by atoms with E-state index >= 15 is 0 Å².